The van der Waals surface area contributed by atoms with Gasteiger partial charge in [0.05, 0.1) is 6.20 Å². The average Bonchev–Trinajstić information content (AvgIpc) is 2.71. The van der Waals surface area contributed by atoms with Gasteiger partial charge in [-0.1, -0.05) is 0 Å². The molecule has 0 aliphatic heterocycles. The number of carbonyl (C=O) groups excluding carboxylic acids is 1. The molecule has 0 bridgehead atoms. The largest absolute Gasteiger partial charge is 0.419 e. The summed E-state index contributed by atoms with van der Waals surface area (Å²) in [6.07, 6.45) is 1.44. The van der Waals surface area contributed by atoms with Crippen LogP contribution in [0.2, 0.25) is 0 Å². The lowest BCUT2D eigenvalue weighted by Gasteiger charge is -2.08. The van der Waals surface area contributed by atoms with Gasteiger partial charge in [-0.2, -0.15) is 0 Å². The number of rotatable bonds is 3. The number of hydrogen-bond donors (Lipinski definition) is 0. The summed E-state index contributed by atoms with van der Waals surface area (Å²) in [4.78, 5) is 24.5. The Morgan fingerprint density at radius 1 is 1.32 bits per heavy atom. The molecule has 1 amide bonds. The molecule has 19 heavy (non-hydrogen) atoms. The van der Waals surface area contributed by atoms with Crippen LogP contribution in [0.1, 0.15) is 0 Å². The standard InChI is InChI=1S/C13H13FN2O3/c1-15(2)12(17)8-16-7-11(19-13(16)18)9-3-5-10(14)6-4-9/h3-7H,8H2,1-2H3. The first-order valence-corrected chi connectivity index (χ1v) is 5.64. The molecule has 1 heterocycles. The number of amides is 1. The lowest BCUT2D eigenvalue weighted by atomic mass is 10.2. The third-order valence-electron chi connectivity index (χ3n) is 2.64. The van der Waals surface area contributed by atoms with Crippen molar-refractivity contribution in [3.63, 3.8) is 0 Å². The molecule has 0 spiro atoms. The summed E-state index contributed by atoms with van der Waals surface area (Å²) in [7, 11) is 3.21. The molecule has 5 nitrogen and oxygen atoms in total. The van der Waals surface area contributed by atoms with E-state index in [0.29, 0.717) is 11.3 Å². The predicted molar refractivity (Wildman–Crippen MR) is 67.1 cm³/mol. The maximum absolute atomic E-state index is 12.8. The summed E-state index contributed by atoms with van der Waals surface area (Å²) in [5.41, 5.74) is 0.578. The number of halogens is 1. The van der Waals surface area contributed by atoms with E-state index in [1.165, 1.54) is 39.9 Å². The Morgan fingerprint density at radius 3 is 2.53 bits per heavy atom. The molecular formula is C13H13FN2O3. The van der Waals surface area contributed by atoms with Gasteiger partial charge < -0.3 is 9.32 Å². The van der Waals surface area contributed by atoms with E-state index >= 15 is 0 Å². The third-order valence-corrected chi connectivity index (χ3v) is 2.64. The van der Waals surface area contributed by atoms with Crippen LogP contribution in [0.4, 0.5) is 4.39 Å². The van der Waals surface area contributed by atoms with E-state index in [2.05, 4.69) is 0 Å². The fraction of sp³-hybridized carbons (Fsp3) is 0.231. The first kappa shape index (κ1) is 13.1. The molecule has 6 heteroatoms. The normalized spacial score (nSPS) is 10.5. The highest BCUT2D eigenvalue weighted by molar-refractivity contribution is 5.75. The van der Waals surface area contributed by atoms with Crippen LogP contribution in [0, 0.1) is 5.82 Å². The van der Waals surface area contributed by atoms with E-state index < -0.39 is 5.76 Å². The summed E-state index contributed by atoms with van der Waals surface area (Å²) in [6, 6.07) is 5.56. The van der Waals surface area contributed by atoms with Crippen molar-refractivity contribution < 1.29 is 13.6 Å². The average molecular weight is 264 g/mol. The van der Waals surface area contributed by atoms with Crippen LogP contribution in [-0.2, 0) is 11.3 Å². The second kappa shape index (κ2) is 5.09. The van der Waals surface area contributed by atoms with Gasteiger partial charge in [-0.05, 0) is 24.3 Å². The highest BCUT2D eigenvalue weighted by atomic mass is 19.1. The molecule has 1 aromatic carbocycles. The van der Waals surface area contributed by atoms with E-state index in [0.717, 1.165) is 0 Å². The highest BCUT2D eigenvalue weighted by Crippen LogP contribution is 2.18. The Kier molecular flexibility index (Phi) is 3.50. The smallest absolute Gasteiger partial charge is 0.408 e. The van der Waals surface area contributed by atoms with Gasteiger partial charge in [-0.3, -0.25) is 9.36 Å². The monoisotopic (exact) mass is 264 g/mol. The summed E-state index contributed by atoms with van der Waals surface area (Å²) >= 11 is 0. The van der Waals surface area contributed by atoms with E-state index in [1.807, 2.05) is 0 Å². The van der Waals surface area contributed by atoms with Crippen molar-refractivity contribution in [2.75, 3.05) is 14.1 Å². The second-order valence-corrected chi connectivity index (χ2v) is 4.28. The van der Waals surface area contributed by atoms with Crippen molar-refractivity contribution in [1.29, 1.82) is 0 Å². The maximum atomic E-state index is 12.8. The maximum Gasteiger partial charge on any atom is 0.419 e. The minimum Gasteiger partial charge on any atom is -0.408 e. The lowest BCUT2D eigenvalue weighted by molar-refractivity contribution is -0.129. The molecule has 0 aliphatic carbocycles. The van der Waals surface area contributed by atoms with Crippen LogP contribution in [0.25, 0.3) is 11.3 Å². The van der Waals surface area contributed by atoms with Gasteiger partial charge in [-0.25, -0.2) is 9.18 Å². The summed E-state index contributed by atoms with van der Waals surface area (Å²) in [5, 5.41) is 0. The quantitative estimate of drug-likeness (QED) is 0.840. The van der Waals surface area contributed by atoms with Crippen molar-refractivity contribution in [1.82, 2.24) is 9.47 Å². The predicted octanol–water partition coefficient (Wildman–Crippen LogP) is 1.34. The Balaban J connectivity index is 2.28. The number of benzene rings is 1. The molecule has 0 saturated carbocycles. The number of carbonyl (C=O) groups is 1. The molecule has 1 aromatic heterocycles. The number of aromatic nitrogens is 1. The summed E-state index contributed by atoms with van der Waals surface area (Å²) in [6.45, 7) is -0.0868. The Hall–Kier alpha value is -2.37. The lowest BCUT2D eigenvalue weighted by Crippen LogP contribution is -2.29. The molecule has 0 aliphatic rings. The number of nitrogens with zero attached hydrogens (tertiary/aromatic N) is 2. The second-order valence-electron chi connectivity index (χ2n) is 4.28. The van der Waals surface area contributed by atoms with Crippen molar-refractivity contribution in [2.24, 2.45) is 0 Å². The van der Waals surface area contributed by atoms with E-state index in [4.69, 9.17) is 4.42 Å². The van der Waals surface area contributed by atoms with Gasteiger partial charge in [0.25, 0.3) is 0 Å². The number of likely N-dealkylation sites (N-methyl/N-ethyl adjacent to an activating group) is 1. The molecule has 0 atom stereocenters. The zero-order valence-corrected chi connectivity index (χ0v) is 10.6. The van der Waals surface area contributed by atoms with E-state index in [-0.39, 0.29) is 18.3 Å². The Bertz CT molecular complexity index is 641. The molecule has 2 rings (SSSR count). The molecule has 100 valence electrons. The van der Waals surface area contributed by atoms with Crippen LogP contribution in [0.3, 0.4) is 0 Å². The molecular weight excluding hydrogens is 251 g/mol. The van der Waals surface area contributed by atoms with Gasteiger partial charge in [0.1, 0.15) is 12.4 Å². The van der Waals surface area contributed by atoms with Crippen molar-refractivity contribution in [3.05, 3.63) is 46.8 Å². The van der Waals surface area contributed by atoms with Gasteiger partial charge in [0, 0.05) is 19.7 Å². The molecule has 2 aromatic rings. The van der Waals surface area contributed by atoms with Crippen LogP contribution in [0.5, 0.6) is 0 Å². The van der Waals surface area contributed by atoms with Gasteiger partial charge in [0.15, 0.2) is 5.76 Å². The third kappa shape index (κ3) is 2.90. The van der Waals surface area contributed by atoms with Gasteiger partial charge >= 0.3 is 5.76 Å². The Labute approximate surface area is 108 Å². The van der Waals surface area contributed by atoms with Gasteiger partial charge in [-0.15, -0.1) is 0 Å². The molecule has 0 unspecified atom stereocenters. The first-order chi connectivity index (χ1) is 8.97. The molecule has 0 radical (unpaired) electrons. The fourth-order valence-corrected chi connectivity index (χ4v) is 1.52. The number of hydrogen-bond acceptors (Lipinski definition) is 3. The zero-order chi connectivity index (χ0) is 14.0. The summed E-state index contributed by atoms with van der Waals surface area (Å²) < 4.78 is 19.0. The van der Waals surface area contributed by atoms with Crippen molar-refractivity contribution in [3.8, 4) is 11.3 Å². The topological polar surface area (TPSA) is 55.5 Å². The van der Waals surface area contributed by atoms with Gasteiger partial charge in [0.2, 0.25) is 5.91 Å². The van der Waals surface area contributed by atoms with E-state index in [1.54, 1.807) is 14.1 Å². The summed E-state index contributed by atoms with van der Waals surface area (Å²) in [5.74, 6) is -0.895. The fourth-order valence-electron chi connectivity index (χ4n) is 1.52. The minimum absolute atomic E-state index is 0.0868. The van der Waals surface area contributed by atoms with Crippen LogP contribution >= 0.6 is 0 Å². The zero-order valence-electron chi connectivity index (χ0n) is 10.6. The van der Waals surface area contributed by atoms with Crippen LogP contribution in [-0.4, -0.2) is 29.5 Å². The van der Waals surface area contributed by atoms with Crippen molar-refractivity contribution >= 4 is 5.91 Å². The highest BCUT2D eigenvalue weighted by Gasteiger charge is 2.12. The van der Waals surface area contributed by atoms with Crippen molar-refractivity contribution in [2.45, 2.75) is 6.54 Å². The first-order valence-electron chi connectivity index (χ1n) is 5.64. The SMILES string of the molecule is CN(C)C(=O)Cn1cc(-c2ccc(F)cc2)oc1=O. The van der Waals surface area contributed by atoms with E-state index in [9.17, 15) is 14.0 Å². The molecule has 0 fully saturated rings. The molecule has 0 N–H and O–H groups in total. The Morgan fingerprint density at radius 2 is 1.95 bits per heavy atom. The van der Waals surface area contributed by atoms with Crippen LogP contribution < -0.4 is 5.76 Å². The number of oxazole rings is 1. The van der Waals surface area contributed by atoms with Crippen LogP contribution in [0.15, 0.2) is 39.7 Å². The molecule has 0 saturated heterocycles. The minimum atomic E-state index is -0.616.